The van der Waals surface area contributed by atoms with Crippen LogP contribution in [-0.4, -0.2) is 9.13 Å². The van der Waals surface area contributed by atoms with E-state index in [1.54, 1.807) is 24.3 Å². The molecule has 0 bridgehead atoms. The Labute approximate surface area is 353 Å². The molecule has 2 heteroatoms. The van der Waals surface area contributed by atoms with Crippen LogP contribution >= 0.6 is 0 Å². The number of aromatic nitrogens is 2. The van der Waals surface area contributed by atoms with Gasteiger partial charge in [-0.25, -0.2) is 0 Å². The third-order valence-corrected chi connectivity index (χ3v) is 9.90. The lowest BCUT2D eigenvalue weighted by Crippen LogP contribution is -2.00. The lowest BCUT2D eigenvalue weighted by molar-refractivity contribution is 1.13. The largest absolute Gasteiger partial charge is 0.309 e. The summed E-state index contributed by atoms with van der Waals surface area (Å²) in [6.07, 6.45) is 0. The van der Waals surface area contributed by atoms with Gasteiger partial charge in [0.05, 0.1) is 49.5 Å². The molecule has 0 fully saturated rings. The zero-order valence-electron chi connectivity index (χ0n) is 49.1. The molecule has 0 saturated heterocycles. The SMILES string of the molecule is [2H]c1c([2H])c([2H])c(-c2c([2H])c([2H])c3c4c([2H])c([2H])c([2H])c([2H])c4n(-c4cc(-c5ccccc5-c5ccc(-c6ccccc6)cc5)cc(-n5c6c([2H])c([2H])c([2H])c([2H])c6c6c([2H])c([2H])c([2H])c([2H])c65)c4)c3c2[2H])c([2H])c1[2H]. The van der Waals surface area contributed by atoms with Gasteiger partial charge in [-0.2, -0.15) is 0 Å². The molecule has 2 nitrogen and oxygen atoms in total. The summed E-state index contributed by atoms with van der Waals surface area (Å²) >= 11 is 0. The van der Waals surface area contributed by atoms with Gasteiger partial charge in [0.15, 0.2) is 0 Å². The third kappa shape index (κ3) is 5.26. The highest BCUT2D eigenvalue weighted by Gasteiger charge is 2.19. The normalized spacial score (nSPS) is 16.6. The van der Waals surface area contributed by atoms with E-state index in [-0.39, 0.29) is 55.0 Å². The molecule has 0 unspecified atom stereocenters. The first-order valence-electron chi connectivity index (χ1n) is 27.6. The lowest BCUT2D eigenvalue weighted by Gasteiger charge is -2.18. The van der Waals surface area contributed by atoms with Gasteiger partial charge in [0.25, 0.3) is 0 Å². The molecule has 11 aromatic rings. The van der Waals surface area contributed by atoms with E-state index in [1.807, 2.05) is 66.7 Å². The van der Waals surface area contributed by atoms with Gasteiger partial charge in [0, 0.05) is 32.9 Å². The standard InChI is InChI=1S/C54H36N2/c1-3-15-37(16-4-1)39-27-29-40(30-28-39)45-19-7-8-20-46(45)42-33-43(55-51-24-12-9-21-47(51)48-22-10-13-25-52(48)55)36-44(34-42)56-53-26-14-11-23-49(53)50-32-31-41(35-54(50)56)38-17-5-2-6-18-38/h1-36H/i2D,5D,6D,9D,10D,11D,12D,13D,14D,17D,18D,21D,22D,23D,24D,25D,26D,31D,32D,35D. The predicted molar refractivity (Wildman–Crippen MR) is 237 cm³/mol. The van der Waals surface area contributed by atoms with Gasteiger partial charge >= 0.3 is 0 Å². The Kier molecular flexibility index (Phi) is 4.18. The molecule has 11 rings (SSSR count). The van der Waals surface area contributed by atoms with Crippen LogP contribution in [0.4, 0.5) is 0 Å². The number of para-hydroxylation sites is 3. The molecule has 0 radical (unpaired) electrons. The highest BCUT2D eigenvalue weighted by molar-refractivity contribution is 6.11. The minimum atomic E-state index is -0.783. The van der Waals surface area contributed by atoms with Gasteiger partial charge in [-0.15, -0.1) is 0 Å². The van der Waals surface area contributed by atoms with Gasteiger partial charge in [-0.3, -0.25) is 0 Å². The smallest absolute Gasteiger partial charge is 0.0652 e. The van der Waals surface area contributed by atoms with Crippen molar-refractivity contribution in [1.82, 2.24) is 9.13 Å². The lowest BCUT2D eigenvalue weighted by atomic mass is 9.93. The average Bonchev–Trinajstić information content (AvgIpc) is 4.10. The minimum Gasteiger partial charge on any atom is -0.309 e. The maximum Gasteiger partial charge on any atom is 0.0652 e. The van der Waals surface area contributed by atoms with Gasteiger partial charge in [-0.1, -0.05) is 176 Å². The van der Waals surface area contributed by atoms with Crippen LogP contribution in [0.3, 0.4) is 0 Å². The van der Waals surface area contributed by atoms with E-state index in [4.69, 9.17) is 17.8 Å². The highest BCUT2D eigenvalue weighted by Crippen LogP contribution is 2.41. The molecule has 9 aromatic carbocycles. The number of benzene rings is 9. The van der Waals surface area contributed by atoms with Crippen molar-refractivity contribution in [1.29, 1.82) is 0 Å². The van der Waals surface area contributed by atoms with E-state index in [1.165, 1.54) is 15.2 Å². The molecule has 2 aromatic heterocycles. The maximum absolute atomic E-state index is 9.97. The van der Waals surface area contributed by atoms with Crippen molar-refractivity contribution in [3.8, 4) is 55.9 Å². The summed E-state index contributed by atoms with van der Waals surface area (Å²) in [6, 6.07) is 15.6. The molecule has 0 aliphatic rings. The molecule has 0 amide bonds. The quantitative estimate of drug-likeness (QED) is 0.161. The van der Waals surface area contributed by atoms with Crippen LogP contribution in [0.5, 0.6) is 0 Å². The van der Waals surface area contributed by atoms with Crippen LogP contribution in [0.25, 0.3) is 99.5 Å². The summed E-state index contributed by atoms with van der Waals surface area (Å²) in [7, 11) is 0. The number of nitrogens with zero attached hydrogens (tertiary/aromatic N) is 2. The van der Waals surface area contributed by atoms with E-state index in [9.17, 15) is 9.60 Å². The van der Waals surface area contributed by atoms with Gasteiger partial charge < -0.3 is 9.13 Å². The van der Waals surface area contributed by atoms with E-state index in [0.29, 0.717) is 16.7 Å². The number of hydrogen-bond acceptors (Lipinski definition) is 0. The zero-order chi connectivity index (χ0) is 54.4. The topological polar surface area (TPSA) is 9.86 Å². The van der Waals surface area contributed by atoms with Gasteiger partial charge in [0.1, 0.15) is 0 Å². The van der Waals surface area contributed by atoms with E-state index >= 15 is 0 Å². The van der Waals surface area contributed by atoms with E-state index < -0.39 is 132 Å². The molecule has 2 heterocycles. The second-order valence-electron chi connectivity index (χ2n) is 13.0. The van der Waals surface area contributed by atoms with Gasteiger partial charge in [-0.05, 0) is 86.9 Å². The van der Waals surface area contributed by atoms with E-state index in [0.717, 1.165) is 16.7 Å². The molecule has 0 atom stereocenters. The van der Waals surface area contributed by atoms with Crippen LogP contribution < -0.4 is 0 Å². The second-order valence-corrected chi connectivity index (χ2v) is 13.0. The summed E-state index contributed by atoms with van der Waals surface area (Å²) < 4.78 is 183. The van der Waals surface area contributed by atoms with Crippen molar-refractivity contribution < 1.29 is 27.4 Å². The molecular formula is C54H36N2. The molecular weight excluding hydrogens is 677 g/mol. The number of fused-ring (bicyclic) bond motifs is 6. The Morgan fingerprint density at radius 2 is 0.768 bits per heavy atom. The van der Waals surface area contributed by atoms with Crippen molar-refractivity contribution in [2.75, 3.05) is 0 Å². The maximum atomic E-state index is 9.97. The molecule has 0 spiro atoms. The molecule has 0 aliphatic carbocycles. The van der Waals surface area contributed by atoms with Gasteiger partial charge in [0.2, 0.25) is 0 Å². The van der Waals surface area contributed by atoms with Crippen molar-refractivity contribution in [3.63, 3.8) is 0 Å². The van der Waals surface area contributed by atoms with Crippen molar-refractivity contribution in [2.24, 2.45) is 0 Å². The third-order valence-electron chi connectivity index (χ3n) is 9.90. The zero-order valence-corrected chi connectivity index (χ0v) is 29.1. The Balaban J connectivity index is 1.35. The van der Waals surface area contributed by atoms with Crippen LogP contribution in [0.1, 0.15) is 27.4 Å². The Morgan fingerprint density at radius 1 is 0.304 bits per heavy atom. The Bertz CT molecular complexity index is 4290. The fourth-order valence-electron chi connectivity index (χ4n) is 7.42. The minimum absolute atomic E-state index is 0.00760. The number of hydrogen-bond donors (Lipinski definition) is 0. The average molecular weight is 733 g/mol. The summed E-state index contributed by atoms with van der Waals surface area (Å²) in [4.78, 5) is 0. The summed E-state index contributed by atoms with van der Waals surface area (Å²) in [5, 5.41) is -1.03. The second kappa shape index (κ2) is 13.2. The van der Waals surface area contributed by atoms with Crippen LogP contribution in [0.15, 0.2) is 218 Å². The fourth-order valence-corrected chi connectivity index (χ4v) is 7.42. The first kappa shape index (κ1) is 17.8. The highest BCUT2D eigenvalue weighted by atomic mass is 15.0. The number of rotatable bonds is 6. The summed E-state index contributed by atoms with van der Waals surface area (Å²) in [5.74, 6) is 0. The molecule has 0 saturated carbocycles. The van der Waals surface area contributed by atoms with Crippen LogP contribution in [0.2, 0.25) is 0 Å². The molecule has 262 valence electrons. The van der Waals surface area contributed by atoms with Crippen LogP contribution in [0, 0.1) is 0 Å². The first-order valence-corrected chi connectivity index (χ1v) is 17.6. The molecule has 56 heavy (non-hydrogen) atoms. The Morgan fingerprint density at radius 3 is 1.38 bits per heavy atom. The van der Waals surface area contributed by atoms with E-state index in [2.05, 4.69) is 0 Å². The molecule has 0 N–H and O–H groups in total. The summed E-state index contributed by atoms with van der Waals surface area (Å²) in [5.41, 5.74) is 1.93. The Hall–Kier alpha value is -7.42. The summed E-state index contributed by atoms with van der Waals surface area (Å²) in [6.45, 7) is 0. The van der Waals surface area contributed by atoms with Crippen molar-refractivity contribution in [3.05, 3.63) is 218 Å². The molecule has 0 aliphatic heterocycles. The van der Waals surface area contributed by atoms with Crippen molar-refractivity contribution in [2.45, 2.75) is 0 Å². The first-order chi connectivity index (χ1) is 36.1. The predicted octanol–water partition coefficient (Wildman–Crippen LogP) is 14.5. The fraction of sp³-hybridized carbons (Fsp3) is 0. The van der Waals surface area contributed by atoms with Crippen molar-refractivity contribution >= 4 is 43.6 Å². The van der Waals surface area contributed by atoms with Crippen LogP contribution in [-0.2, 0) is 0 Å². The monoisotopic (exact) mass is 732 g/mol.